The van der Waals surface area contributed by atoms with E-state index in [2.05, 4.69) is 22.3 Å². The summed E-state index contributed by atoms with van der Waals surface area (Å²) in [4.78, 5) is 14.7. The van der Waals surface area contributed by atoms with E-state index in [1.807, 2.05) is 24.8 Å². The molecule has 0 bridgehead atoms. The number of benzene rings is 2. The van der Waals surface area contributed by atoms with Gasteiger partial charge in [-0.15, -0.1) is 0 Å². The van der Waals surface area contributed by atoms with E-state index < -0.39 is 0 Å². The van der Waals surface area contributed by atoms with Crippen LogP contribution in [0.5, 0.6) is 5.75 Å². The number of carbonyl (C=O) groups is 1. The summed E-state index contributed by atoms with van der Waals surface area (Å²) in [5, 5.41) is 3.76. The molecule has 1 amide bonds. The van der Waals surface area contributed by atoms with Crippen LogP contribution in [-0.4, -0.2) is 42.0 Å². The zero-order chi connectivity index (χ0) is 19.9. The Kier molecular flexibility index (Phi) is 7.91. The number of halogens is 2. The van der Waals surface area contributed by atoms with Gasteiger partial charge in [-0.25, -0.2) is 0 Å². The Bertz CT molecular complexity index is 826. The maximum absolute atomic E-state index is 12.2. The molecule has 150 valence electrons. The SMILES string of the molecule is Cc1cc(CN2CCSCC2)ccc1NC(=O)CCOc1cccc(Cl)c1Cl. The highest BCUT2D eigenvalue weighted by molar-refractivity contribution is 7.99. The number of nitrogens with zero attached hydrogens (tertiary/aromatic N) is 1. The zero-order valence-electron chi connectivity index (χ0n) is 15.8. The molecule has 28 heavy (non-hydrogen) atoms. The van der Waals surface area contributed by atoms with Crippen molar-refractivity contribution in [3.63, 3.8) is 0 Å². The first-order chi connectivity index (χ1) is 13.5. The Labute approximate surface area is 180 Å². The second kappa shape index (κ2) is 10.4. The molecule has 3 rings (SSSR count). The van der Waals surface area contributed by atoms with E-state index in [9.17, 15) is 4.79 Å². The van der Waals surface area contributed by atoms with E-state index in [0.717, 1.165) is 30.9 Å². The Morgan fingerprint density at radius 2 is 2.00 bits per heavy atom. The van der Waals surface area contributed by atoms with Crippen LogP contribution in [0.1, 0.15) is 17.5 Å². The van der Waals surface area contributed by atoms with Crippen molar-refractivity contribution in [3.8, 4) is 5.75 Å². The predicted molar refractivity (Wildman–Crippen MR) is 119 cm³/mol. The van der Waals surface area contributed by atoms with Crippen LogP contribution in [-0.2, 0) is 11.3 Å². The van der Waals surface area contributed by atoms with Gasteiger partial charge in [-0.2, -0.15) is 11.8 Å². The van der Waals surface area contributed by atoms with Crippen molar-refractivity contribution in [2.24, 2.45) is 0 Å². The molecular formula is C21H24Cl2N2O2S. The summed E-state index contributed by atoms with van der Waals surface area (Å²) in [6.07, 6.45) is 0.232. The predicted octanol–water partition coefficient (Wildman–Crippen LogP) is 5.26. The summed E-state index contributed by atoms with van der Waals surface area (Å²) in [7, 11) is 0. The van der Waals surface area contributed by atoms with Crippen LogP contribution < -0.4 is 10.1 Å². The molecule has 0 spiro atoms. The number of thioether (sulfide) groups is 1. The van der Waals surface area contributed by atoms with E-state index in [4.69, 9.17) is 27.9 Å². The number of ether oxygens (including phenoxy) is 1. The van der Waals surface area contributed by atoms with Crippen LogP contribution in [0.3, 0.4) is 0 Å². The summed E-state index contributed by atoms with van der Waals surface area (Å²) in [5.74, 6) is 2.80. The Morgan fingerprint density at radius 3 is 2.75 bits per heavy atom. The molecule has 2 aromatic rings. The molecule has 1 N–H and O–H groups in total. The Hall–Kier alpha value is -1.40. The fraction of sp³-hybridized carbons (Fsp3) is 0.381. The first kappa shape index (κ1) is 21.3. The van der Waals surface area contributed by atoms with E-state index in [1.165, 1.54) is 17.1 Å². The molecular weight excluding hydrogens is 415 g/mol. The van der Waals surface area contributed by atoms with E-state index in [-0.39, 0.29) is 18.9 Å². The van der Waals surface area contributed by atoms with Gasteiger partial charge < -0.3 is 10.1 Å². The van der Waals surface area contributed by atoms with Gasteiger partial charge in [-0.3, -0.25) is 9.69 Å². The molecule has 1 aliphatic heterocycles. The monoisotopic (exact) mass is 438 g/mol. The molecule has 2 aromatic carbocycles. The van der Waals surface area contributed by atoms with Crippen molar-refractivity contribution in [1.29, 1.82) is 0 Å². The van der Waals surface area contributed by atoms with Gasteiger partial charge in [0, 0.05) is 36.8 Å². The van der Waals surface area contributed by atoms with Gasteiger partial charge in [-0.1, -0.05) is 41.4 Å². The van der Waals surface area contributed by atoms with Crippen LogP contribution in [0.4, 0.5) is 5.69 Å². The van der Waals surface area contributed by atoms with Gasteiger partial charge in [0.15, 0.2) is 0 Å². The Morgan fingerprint density at radius 1 is 1.21 bits per heavy atom. The largest absolute Gasteiger partial charge is 0.491 e. The van der Waals surface area contributed by atoms with Gasteiger partial charge in [0.05, 0.1) is 18.1 Å². The minimum absolute atomic E-state index is 0.0953. The number of rotatable bonds is 7. The Balaban J connectivity index is 1.48. The maximum atomic E-state index is 12.2. The lowest BCUT2D eigenvalue weighted by molar-refractivity contribution is -0.116. The smallest absolute Gasteiger partial charge is 0.227 e. The molecule has 1 aliphatic rings. The highest BCUT2D eigenvalue weighted by atomic mass is 35.5. The van der Waals surface area contributed by atoms with Crippen molar-refractivity contribution < 1.29 is 9.53 Å². The number of amides is 1. The quantitative estimate of drug-likeness (QED) is 0.639. The van der Waals surface area contributed by atoms with Crippen LogP contribution in [0, 0.1) is 6.92 Å². The van der Waals surface area contributed by atoms with Crippen molar-refractivity contribution in [1.82, 2.24) is 4.90 Å². The third-order valence-electron chi connectivity index (χ3n) is 4.58. The summed E-state index contributed by atoms with van der Waals surface area (Å²) in [5.41, 5.74) is 3.18. The number of aryl methyl sites for hydroxylation is 1. The molecule has 0 aliphatic carbocycles. The first-order valence-electron chi connectivity index (χ1n) is 9.29. The molecule has 0 saturated carbocycles. The topological polar surface area (TPSA) is 41.6 Å². The van der Waals surface area contributed by atoms with Gasteiger partial charge in [0.2, 0.25) is 5.91 Å². The van der Waals surface area contributed by atoms with E-state index >= 15 is 0 Å². The van der Waals surface area contributed by atoms with Crippen molar-refractivity contribution in [2.45, 2.75) is 19.9 Å². The zero-order valence-corrected chi connectivity index (χ0v) is 18.2. The summed E-state index contributed by atoms with van der Waals surface area (Å²) in [6.45, 7) is 5.49. The molecule has 0 unspecified atom stereocenters. The van der Waals surface area contributed by atoms with E-state index in [0.29, 0.717) is 15.8 Å². The average molecular weight is 439 g/mol. The number of hydrogen-bond acceptors (Lipinski definition) is 4. The number of hydrogen-bond donors (Lipinski definition) is 1. The van der Waals surface area contributed by atoms with Crippen LogP contribution in [0.2, 0.25) is 10.0 Å². The molecule has 1 fully saturated rings. The summed E-state index contributed by atoms with van der Waals surface area (Å²) < 4.78 is 5.58. The third kappa shape index (κ3) is 6.05. The molecule has 4 nitrogen and oxygen atoms in total. The number of nitrogens with one attached hydrogen (secondary N) is 1. The van der Waals surface area contributed by atoms with Gasteiger partial charge in [-0.05, 0) is 36.2 Å². The molecule has 0 aromatic heterocycles. The molecule has 1 saturated heterocycles. The van der Waals surface area contributed by atoms with Crippen LogP contribution >= 0.6 is 35.0 Å². The lowest BCUT2D eigenvalue weighted by Crippen LogP contribution is -2.31. The fourth-order valence-corrected chi connectivity index (χ4v) is 4.37. The van der Waals surface area contributed by atoms with Crippen molar-refractivity contribution in [3.05, 3.63) is 57.6 Å². The van der Waals surface area contributed by atoms with Crippen LogP contribution in [0.25, 0.3) is 0 Å². The summed E-state index contributed by atoms with van der Waals surface area (Å²) >= 11 is 14.1. The minimum Gasteiger partial charge on any atom is -0.491 e. The number of carbonyl (C=O) groups excluding carboxylic acids is 1. The third-order valence-corrected chi connectivity index (χ3v) is 6.32. The number of anilines is 1. The van der Waals surface area contributed by atoms with Gasteiger partial charge >= 0.3 is 0 Å². The van der Waals surface area contributed by atoms with Gasteiger partial charge in [0.25, 0.3) is 0 Å². The molecule has 7 heteroatoms. The van der Waals surface area contributed by atoms with Crippen LogP contribution in [0.15, 0.2) is 36.4 Å². The minimum atomic E-state index is -0.0953. The highest BCUT2D eigenvalue weighted by Crippen LogP contribution is 2.31. The second-order valence-electron chi connectivity index (χ2n) is 6.74. The lowest BCUT2D eigenvalue weighted by atomic mass is 10.1. The lowest BCUT2D eigenvalue weighted by Gasteiger charge is -2.26. The summed E-state index contributed by atoms with van der Waals surface area (Å²) in [6, 6.07) is 11.4. The second-order valence-corrected chi connectivity index (χ2v) is 8.75. The average Bonchev–Trinajstić information content (AvgIpc) is 2.68. The molecule has 0 atom stereocenters. The standard InChI is InChI=1S/C21H24Cl2N2O2S/c1-15-13-16(14-25-8-11-28-12-9-25)5-6-18(15)24-20(26)7-10-27-19-4-2-3-17(22)21(19)23/h2-6,13H,7-12,14H2,1H3,(H,24,26). The van der Waals surface area contributed by atoms with Gasteiger partial charge in [0.1, 0.15) is 10.8 Å². The molecule has 0 radical (unpaired) electrons. The normalized spacial score (nSPS) is 14.7. The highest BCUT2D eigenvalue weighted by Gasteiger charge is 2.12. The fourth-order valence-electron chi connectivity index (χ4n) is 3.04. The molecule has 1 heterocycles. The van der Waals surface area contributed by atoms with Crippen molar-refractivity contribution in [2.75, 3.05) is 36.5 Å². The van der Waals surface area contributed by atoms with E-state index in [1.54, 1.807) is 18.2 Å². The maximum Gasteiger partial charge on any atom is 0.227 e. The first-order valence-corrected chi connectivity index (χ1v) is 11.2. The van der Waals surface area contributed by atoms with Crippen molar-refractivity contribution >= 4 is 46.6 Å².